The smallest absolute Gasteiger partial charge is 0.279 e. The number of hydrogen-bond acceptors (Lipinski definition) is 4. The Morgan fingerprint density at radius 2 is 1.88 bits per heavy atom. The van der Waals surface area contributed by atoms with Crippen LogP contribution in [0.1, 0.15) is 20.8 Å². The largest absolute Gasteiger partial charge is 0.395 e. The molecule has 0 aromatic heterocycles. The molecule has 7 heteroatoms. The van der Waals surface area contributed by atoms with Gasteiger partial charge in [0.25, 0.3) is 10.2 Å². The molecule has 0 aromatic rings. The molecule has 0 heterocycles. The fourth-order valence-electron chi connectivity index (χ4n) is 1.11. The standard InChI is InChI=1S/C9H22N2O3S2/c1-7(2)11(4)16(13,14)10-8(3)9(6-12)15-5/h7-10,12H,6H2,1-5H3. The van der Waals surface area contributed by atoms with Crippen LogP contribution in [0.15, 0.2) is 0 Å². The Morgan fingerprint density at radius 3 is 2.19 bits per heavy atom. The van der Waals surface area contributed by atoms with Crippen molar-refractivity contribution >= 4 is 22.0 Å². The van der Waals surface area contributed by atoms with Crippen molar-refractivity contribution in [3.8, 4) is 0 Å². The van der Waals surface area contributed by atoms with E-state index in [2.05, 4.69) is 4.72 Å². The summed E-state index contributed by atoms with van der Waals surface area (Å²) >= 11 is 1.44. The van der Waals surface area contributed by atoms with Crippen molar-refractivity contribution in [3.63, 3.8) is 0 Å². The van der Waals surface area contributed by atoms with Crippen molar-refractivity contribution in [2.45, 2.75) is 38.1 Å². The molecule has 0 amide bonds. The Labute approximate surface area is 103 Å². The Morgan fingerprint density at radius 1 is 1.38 bits per heavy atom. The van der Waals surface area contributed by atoms with Crippen molar-refractivity contribution in [1.29, 1.82) is 0 Å². The summed E-state index contributed by atoms with van der Waals surface area (Å²) in [6, 6.07) is -0.391. The first kappa shape index (κ1) is 16.2. The summed E-state index contributed by atoms with van der Waals surface area (Å²) in [4.78, 5) is 0. The molecule has 0 aliphatic carbocycles. The number of hydrogen-bond donors (Lipinski definition) is 2. The molecule has 0 fully saturated rings. The fourth-order valence-corrected chi connectivity index (χ4v) is 3.18. The first-order valence-corrected chi connectivity index (χ1v) is 7.88. The summed E-state index contributed by atoms with van der Waals surface area (Å²) in [5.74, 6) is 0. The van der Waals surface area contributed by atoms with E-state index >= 15 is 0 Å². The van der Waals surface area contributed by atoms with Crippen molar-refractivity contribution in [2.75, 3.05) is 19.9 Å². The summed E-state index contributed by atoms with van der Waals surface area (Å²) < 4.78 is 27.5. The normalized spacial score (nSPS) is 16.8. The lowest BCUT2D eigenvalue weighted by molar-refractivity contribution is 0.281. The minimum atomic E-state index is -3.47. The average Bonchev–Trinajstić information content (AvgIpc) is 2.17. The molecule has 0 saturated heterocycles. The van der Waals surface area contributed by atoms with Crippen molar-refractivity contribution in [2.24, 2.45) is 0 Å². The average molecular weight is 270 g/mol. The molecule has 0 rings (SSSR count). The monoisotopic (exact) mass is 270 g/mol. The lowest BCUT2D eigenvalue weighted by atomic mass is 10.3. The Kier molecular flexibility index (Phi) is 6.88. The highest BCUT2D eigenvalue weighted by Crippen LogP contribution is 2.12. The Hall–Kier alpha value is 0.180. The van der Waals surface area contributed by atoms with E-state index in [1.165, 1.54) is 23.1 Å². The van der Waals surface area contributed by atoms with Gasteiger partial charge in [-0.3, -0.25) is 0 Å². The molecule has 0 aliphatic rings. The van der Waals surface area contributed by atoms with Gasteiger partial charge in [0.1, 0.15) is 0 Å². The molecular formula is C9H22N2O3S2. The minimum Gasteiger partial charge on any atom is -0.395 e. The third kappa shape index (κ3) is 4.58. The Bertz CT molecular complexity index is 289. The zero-order valence-electron chi connectivity index (χ0n) is 10.5. The zero-order chi connectivity index (χ0) is 12.9. The maximum atomic E-state index is 11.8. The van der Waals surface area contributed by atoms with Crippen LogP contribution in [-0.4, -0.2) is 55.1 Å². The van der Waals surface area contributed by atoms with E-state index in [4.69, 9.17) is 5.11 Å². The van der Waals surface area contributed by atoms with Crippen molar-refractivity contribution < 1.29 is 13.5 Å². The summed E-state index contributed by atoms with van der Waals surface area (Å²) in [7, 11) is -1.93. The van der Waals surface area contributed by atoms with Crippen LogP contribution in [0, 0.1) is 0 Å². The number of rotatable bonds is 7. The van der Waals surface area contributed by atoms with E-state index in [1.807, 2.05) is 20.1 Å². The number of aliphatic hydroxyl groups is 1. The highest BCUT2D eigenvalue weighted by atomic mass is 32.2. The van der Waals surface area contributed by atoms with Gasteiger partial charge in [0, 0.05) is 24.4 Å². The zero-order valence-corrected chi connectivity index (χ0v) is 12.1. The van der Waals surface area contributed by atoms with Crippen LogP contribution >= 0.6 is 11.8 Å². The maximum Gasteiger partial charge on any atom is 0.279 e. The van der Waals surface area contributed by atoms with E-state index in [-0.39, 0.29) is 23.9 Å². The Balaban J connectivity index is 4.59. The topological polar surface area (TPSA) is 69.6 Å². The van der Waals surface area contributed by atoms with Gasteiger partial charge in [0.15, 0.2) is 0 Å². The van der Waals surface area contributed by atoms with E-state index in [1.54, 1.807) is 6.92 Å². The molecule has 0 radical (unpaired) electrons. The van der Waals surface area contributed by atoms with Gasteiger partial charge in [-0.25, -0.2) is 0 Å². The van der Waals surface area contributed by atoms with Crippen LogP contribution in [0.5, 0.6) is 0 Å². The lowest BCUT2D eigenvalue weighted by Crippen LogP contribution is -2.48. The van der Waals surface area contributed by atoms with E-state index in [0.29, 0.717) is 0 Å². The van der Waals surface area contributed by atoms with Gasteiger partial charge in [0.05, 0.1) is 6.61 Å². The first-order valence-electron chi connectivity index (χ1n) is 5.15. The van der Waals surface area contributed by atoms with Gasteiger partial charge in [-0.15, -0.1) is 0 Å². The second-order valence-electron chi connectivity index (χ2n) is 3.98. The number of thioether (sulfide) groups is 1. The second-order valence-corrected chi connectivity index (χ2v) is 6.82. The van der Waals surface area contributed by atoms with Crippen LogP contribution in [0.4, 0.5) is 0 Å². The SMILES string of the molecule is CSC(CO)C(C)NS(=O)(=O)N(C)C(C)C. The molecule has 2 unspecified atom stereocenters. The van der Waals surface area contributed by atoms with E-state index in [0.717, 1.165) is 0 Å². The number of aliphatic hydroxyl groups excluding tert-OH is 1. The van der Waals surface area contributed by atoms with Gasteiger partial charge < -0.3 is 5.11 Å². The van der Waals surface area contributed by atoms with E-state index in [9.17, 15) is 8.42 Å². The molecule has 2 atom stereocenters. The maximum absolute atomic E-state index is 11.8. The highest BCUT2D eigenvalue weighted by molar-refractivity contribution is 7.99. The van der Waals surface area contributed by atoms with Gasteiger partial charge >= 0.3 is 0 Å². The molecule has 0 bridgehead atoms. The predicted molar refractivity (Wildman–Crippen MR) is 68.8 cm³/mol. The molecule has 98 valence electrons. The number of nitrogens with one attached hydrogen (secondary N) is 1. The molecule has 0 aliphatic heterocycles. The van der Waals surface area contributed by atoms with Crippen LogP contribution < -0.4 is 4.72 Å². The summed E-state index contributed by atoms with van der Waals surface area (Å²) in [5, 5.41) is 8.94. The lowest BCUT2D eigenvalue weighted by Gasteiger charge is -2.26. The summed E-state index contributed by atoms with van der Waals surface area (Å²) in [6.45, 7) is 5.32. The predicted octanol–water partition coefficient (Wildman–Crippen LogP) is 0.273. The third-order valence-electron chi connectivity index (χ3n) is 2.48. The molecule has 0 saturated carbocycles. The summed E-state index contributed by atoms with van der Waals surface area (Å²) in [6.07, 6.45) is 1.85. The fraction of sp³-hybridized carbons (Fsp3) is 1.00. The molecule has 5 nitrogen and oxygen atoms in total. The number of nitrogens with zero attached hydrogens (tertiary/aromatic N) is 1. The molecule has 2 N–H and O–H groups in total. The molecule has 0 aromatic carbocycles. The molecular weight excluding hydrogens is 248 g/mol. The van der Waals surface area contributed by atoms with Gasteiger partial charge in [-0.05, 0) is 27.0 Å². The van der Waals surface area contributed by atoms with Crippen LogP contribution in [0.3, 0.4) is 0 Å². The van der Waals surface area contributed by atoms with Crippen LogP contribution in [0.2, 0.25) is 0 Å². The van der Waals surface area contributed by atoms with Gasteiger partial charge in [0.2, 0.25) is 0 Å². The molecule has 0 spiro atoms. The van der Waals surface area contributed by atoms with Crippen LogP contribution in [-0.2, 0) is 10.2 Å². The highest BCUT2D eigenvalue weighted by Gasteiger charge is 2.25. The van der Waals surface area contributed by atoms with Crippen molar-refractivity contribution in [1.82, 2.24) is 9.03 Å². The minimum absolute atomic E-state index is 0.0454. The third-order valence-corrected chi connectivity index (χ3v) is 5.49. The molecule has 16 heavy (non-hydrogen) atoms. The van der Waals surface area contributed by atoms with Gasteiger partial charge in [-0.2, -0.15) is 29.2 Å². The first-order chi connectivity index (χ1) is 7.26. The van der Waals surface area contributed by atoms with Gasteiger partial charge in [-0.1, -0.05) is 0 Å². The van der Waals surface area contributed by atoms with Crippen molar-refractivity contribution in [3.05, 3.63) is 0 Å². The van der Waals surface area contributed by atoms with Crippen LogP contribution in [0.25, 0.3) is 0 Å². The van der Waals surface area contributed by atoms with E-state index < -0.39 is 10.2 Å². The summed E-state index contributed by atoms with van der Waals surface area (Å²) in [5.41, 5.74) is 0. The quantitative estimate of drug-likeness (QED) is 0.697. The second kappa shape index (κ2) is 6.80.